The summed E-state index contributed by atoms with van der Waals surface area (Å²) in [5.74, 6) is 3.01. The van der Waals surface area contributed by atoms with Gasteiger partial charge in [-0.25, -0.2) is 4.79 Å². The second kappa shape index (κ2) is 6.42. The van der Waals surface area contributed by atoms with Crippen LogP contribution in [-0.2, 0) is 9.53 Å². The van der Waals surface area contributed by atoms with Crippen molar-refractivity contribution in [2.45, 2.75) is 39.2 Å². The maximum Gasteiger partial charge on any atom is 0.332 e. The standard InChI is InChI=1S/C15H22N2O2/c1-6-9-16-13-12(5)15(8-3,17-13)14(18)19-10-11(4)7-2/h1,12H,4,7-10H2,2-3,5H3,(H,16,17). The van der Waals surface area contributed by atoms with Crippen LogP contribution in [0, 0.1) is 18.3 Å². The number of aliphatic imine (C=N–C) groups is 1. The molecule has 0 radical (unpaired) electrons. The number of hydrogen-bond donors (Lipinski definition) is 1. The van der Waals surface area contributed by atoms with Gasteiger partial charge in [0, 0.05) is 5.92 Å². The molecule has 0 aromatic carbocycles. The van der Waals surface area contributed by atoms with Crippen molar-refractivity contribution in [1.82, 2.24) is 5.32 Å². The average molecular weight is 262 g/mol. The van der Waals surface area contributed by atoms with Gasteiger partial charge in [-0.3, -0.25) is 4.99 Å². The first-order valence-corrected chi connectivity index (χ1v) is 6.61. The van der Waals surface area contributed by atoms with E-state index in [1.807, 2.05) is 20.8 Å². The van der Waals surface area contributed by atoms with Crippen molar-refractivity contribution in [3.8, 4) is 12.3 Å². The molecular formula is C15H22N2O2. The first kappa shape index (κ1) is 15.3. The van der Waals surface area contributed by atoms with Gasteiger partial charge in [-0.2, -0.15) is 0 Å². The largest absolute Gasteiger partial charge is 0.459 e. The normalized spacial score (nSPS) is 27.1. The van der Waals surface area contributed by atoms with Crippen LogP contribution in [0.5, 0.6) is 0 Å². The lowest BCUT2D eigenvalue weighted by atomic mass is 9.74. The molecule has 0 aromatic rings. The highest BCUT2D eigenvalue weighted by Crippen LogP contribution is 2.33. The summed E-state index contributed by atoms with van der Waals surface area (Å²) in [7, 11) is 0. The molecule has 1 heterocycles. The molecule has 0 amide bonds. The fraction of sp³-hybridized carbons (Fsp3) is 0.600. The Kier molecular flexibility index (Phi) is 5.17. The number of terminal acetylenes is 1. The monoisotopic (exact) mass is 262 g/mol. The van der Waals surface area contributed by atoms with E-state index in [1.54, 1.807) is 0 Å². The number of rotatable bonds is 6. The van der Waals surface area contributed by atoms with E-state index in [-0.39, 0.29) is 18.5 Å². The molecule has 1 rings (SSSR count). The number of nitrogens with one attached hydrogen (secondary N) is 1. The molecule has 0 spiro atoms. The van der Waals surface area contributed by atoms with Crippen LogP contribution < -0.4 is 5.32 Å². The maximum absolute atomic E-state index is 12.2. The number of ether oxygens (including phenoxy) is 1. The van der Waals surface area contributed by atoms with Crippen LogP contribution in [0.4, 0.5) is 0 Å². The van der Waals surface area contributed by atoms with Gasteiger partial charge < -0.3 is 10.1 Å². The van der Waals surface area contributed by atoms with E-state index in [1.165, 1.54) is 0 Å². The van der Waals surface area contributed by atoms with Gasteiger partial charge in [-0.1, -0.05) is 33.3 Å². The molecule has 1 fully saturated rings. The van der Waals surface area contributed by atoms with Crippen molar-refractivity contribution in [2.24, 2.45) is 10.9 Å². The lowest BCUT2D eigenvalue weighted by Gasteiger charge is -2.47. The number of hydrogen-bond acceptors (Lipinski definition) is 3. The lowest BCUT2D eigenvalue weighted by Crippen LogP contribution is -2.72. The molecule has 0 aromatic heterocycles. The Balaban J connectivity index is 2.66. The SMILES string of the molecule is C#CCN=C1NC(CC)(C(=O)OCC(=C)CC)C1C. The van der Waals surface area contributed by atoms with E-state index in [4.69, 9.17) is 11.2 Å². The van der Waals surface area contributed by atoms with Crippen molar-refractivity contribution in [2.75, 3.05) is 13.2 Å². The van der Waals surface area contributed by atoms with Gasteiger partial charge in [0.05, 0.1) is 0 Å². The summed E-state index contributed by atoms with van der Waals surface area (Å²) in [6, 6.07) is 0. The van der Waals surface area contributed by atoms with Crippen molar-refractivity contribution >= 4 is 11.8 Å². The summed E-state index contributed by atoms with van der Waals surface area (Å²) in [5, 5.41) is 3.12. The predicted octanol–water partition coefficient (Wildman–Crippen LogP) is 1.92. The third kappa shape index (κ3) is 2.98. The molecule has 0 bridgehead atoms. The van der Waals surface area contributed by atoms with Crippen LogP contribution in [0.2, 0.25) is 0 Å². The van der Waals surface area contributed by atoms with Crippen LogP contribution in [-0.4, -0.2) is 30.5 Å². The van der Waals surface area contributed by atoms with E-state index in [0.717, 1.165) is 17.8 Å². The van der Waals surface area contributed by atoms with Crippen LogP contribution in [0.1, 0.15) is 33.6 Å². The van der Waals surface area contributed by atoms with Crippen LogP contribution in [0.25, 0.3) is 0 Å². The molecule has 19 heavy (non-hydrogen) atoms. The van der Waals surface area contributed by atoms with Gasteiger partial charge in [0.15, 0.2) is 0 Å². The molecule has 1 aliphatic rings. The Morgan fingerprint density at radius 3 is 2.79 bits per heavy atom. The second-order valence-corrected chi connectivity index (χ2v) is 4.76. The molecule has 104 valence electrons. The number of carbonyl (C=O) groups is 1. The van der Waals surface area contributed by atoms with E-state index in [9.17, 15) is 4.79 Å². The minimum Gasteiger partial charge on any atom is -0.459 e. The molecule has 4 nitrogen and oxygen atoms in total. The zero-order valence-corrected chi connectivity index (χ0v) is 12.0. The summed E-state index contributed by atoms with van der Waals surface area (Å²) >= 11 is 0. The molecule has 1 N–H and O–H groups in total. The van der Waals surface area contributed by atoms with E-state index in [0.29, 0.717) is 13.0 Å². The number of esters is 1. The van der Waals surface area contributed by atoms with Gasteiger partial charge in [0.1, 0.15) is 24.5 Å². The first-order chi connectivity index (χ1) is 9.01. The fourth-order valence-corrected chi connectivity index (χ4v) is 2.07. The van der Waals surface area contributed by atoms with E-state index >= 15 is 0 Å². The Bertz CT molecular complexity index is 434. The smallest absolute Gasteiger partial charge is 0.332 e. The topological polar surface area (TPSA) is 50.7 Å². The van der Waals surface area contributed by atoms with Gasteiger partial charge in [0.2, 0.25) is 0 Å². The molecule has 1 saturated heterocycles. The van der Waals surface area contributed by atoms with Crippen molar-refractivity contribution in [3.05, 3.63) is 12.2 Å². The summed E-state index contributed by atoms with van der Waals surface area (Å²) < 4.78 is 5.32. The lowest BCUT2D eigenvalue weighted by molar-refractivity contribution is -0.153. The second-order valence-electron chi connectivity index (χ2n) is 4.76. The predicted molar refractivity (Wildman–Crippen MR) is 76.8 cm³/mol. The number of nitrogens with zero attached hydrogens (tertiary/aromatic N) is 1. The minimum atomic E-state index is -0.665. The zero-order valence-electron chi connectivity index (χ0n) is 12.0. The summed E-state index contributed by atoms with van der Waals surface area (Å²) in [4.78, 5) is 16.4. The Morgan fingerprint density at radius 1 is 1.63 bits per heavy atom. The Morgan fingerprint density at radius 2 is 2.32 bits per heavy atom. The Labute approximate surface area is 115 Å². The summed E-state index contributed by atoms with van der Waals surface area (Å²) in [6.45, 7) is 10.3. The van der Waals surface area contributed by atoms with Crippen molar-refractivity contribution in [1.29, 1.82) is 0 Å². The highest BCUT2D eigenvalue weighted by atomic mass is 16.5. The van der Waals surface area contributed by atoms with Gasteiger partial charge in [-0.05, 0) is 18.4 Å². The number of amidine groups is 1. The molecular weight excluding hydrogens is 240 g/mol. The van der Waals surface area contributed by atoms with Crippen LogP contribution in [0.3, 0.4) is 0 Å². The summed E-state index contributed by atoms with van der Waals surface area (Å²) in [5.41, 5.74) is 0.245. The number of carbonyl (C=O) groups excluding carboxylic acids is 1. The average Bonchev–Trinajstić information content (AvgIpc) is 2.43. The quantitative estimate of drug-likeness (QED) is 0.452. The molecule has 2 atom stereocenters. The Hall–Kier alpha value is -1.76. The third-order valence-corrected chi connectivity index (χ3v) is 3.67. The first-order valence-electron chi connectivity index (χ1n) is 6.61. The molecule has 0 aliphatic carbocycles. The third-order valence-electron chi connectivity index (χ3n) is 3.67. The van der Waals surface area contributed by atoms with E-state index < -0.39 is 5.54 Å². The minimum absolute atomic E-state index is 0.00763. The fourth-order valence-electron chi connectivity index (χ4n) is 2.07. The van der Waals surface area contributed by atoms with Gasteiger partial charge in [0.25, 0.3) is 0 Å². The van der Waals surface area contributed by atoms with Crippen molar-refractivity contribution in [3.63, 3.8) is 0 Å². The molecule has 1 aliphatic heterocycles. The highest BCUT2D eigenvalue weighted by molar-refractivity contribution is 6.03. The summed E-state index contributed by atoms with van der Waals surface area (Å²) in [6.07, 6.45) is 6.63. The molecule has 2 unspecified atom stereocenters. The van der Waals surface area contributed by atoms with E-state index in [2.05, 4.69) is 22.8 Å². The van der Waals surface area contributed by atoms with Gasteiger partial charge in [-0.15, -0.1) is 6.42 Å². The van der Waals surface area contributed by atoms with Crippen molar-refractivity contribution < 1.29 is 9.53 Å². The van der Waals surface area contributed by atoms with Crippen LogP contribution in [0.15, 0.2) is 17.1 Å². The molecule has 0 saturated carbocycles. The maximum atomic E-state index is 12.2. The van der Waals surface area contributed by atoms with Crippen LogP contribution >= 0.6 is 0 Å². The highest BCUT2D eigenvalue weighted by Gasteiger charge is 2.54. The zero-order chi connectivity index (χ0) is 14.5. The molecule has 4 heteroatoms. The van der Waals surface area contributed by atoms with Gasteiger partial charge >= 0.3 is 5.97 Å².